The first-order chi connectivity index (χ1) is 12.7. The number of benzene rings is 2. The standard InChI is InChI=1S/C17H18Cl2N2O5S/c1-25-15-9-14(16(26-2)8-13(15)19)21(27(3,23)24)10-17(22)20-12-6-4-5-11(18)7-12/h4-9H,10H2,1-3H3,(H,20,22). The molecular weight excluding hydrogens is 415 g/mol. The first-order valence-corrected chi connectivity index (χ1v) is 10.2. The Morgan fingerprint density at radius 2 is 1.78 bits per heavy atom. The van der Waals surface area contributed by atoms with Gasteiger partial charge in [0.25, 0.3) is 0 Å². The maximum absolute atomic E-state index is 12.4. The highest BCUT2D eigenvalue weighted by Gasteiger charge is 2.25. The van der Waals surface area contributed by atoms with Gasteiger partial charge in [-0.2, -0.15) is 0 Å². The molecule has 0 spiro atoms. The Kier molecular flexibility index (Phi) is 6.80. The summed E-state index contributed by atoms with van der Waals surface area (Å²) in [6.07, 6.45) is 0.986. The van der Waals surface area contributed by atoms with E-state index in [1.165, 1.54) is 26.4 Å². The van der Waals surface area contributed by atoms with Gasteiger partial charge in [0.15, 0.2) is 0 Å². The molecule has 0 saturated carbocycles. The summed E-state index contributed by atoms with van der Waals surface area (Å²) >= 11 is 12.0. The fourth-order valence-electron chi connectivity index (χ4n) is 2.32. The highest BCUT2D eigenvalue weighted by Crippen LogP contribution is 2.38. The van der Waals surface area contributed by atoms with Crippen molar-refractivity contribution in [1.29, 1.82) is 0 Å². The molecule has 1 N–H and O–H groups in total. The molecule has 27 heavy (non-hydrogen) atoms. The number of nitrogens with one attached hydrogen (secondary N) is 1. The van der Waals surface area contributed by atoms with Crippen molar-refractivity contribution in [3.63, 3.8) is 0 Å². The lowest BCUT2D eigenvalue weighted by molar-refractivity contribution is -0.114. The van der Waals surface area contributed by atoms with E-state index in [2.05, 4.69) is 5.32 Å². The molecule has 0 unspecified atom stereocenters. The third kappa shape index (κ3) is 5.41. The Morgan fingerprint density at radius 1 is 1.11 bits per heavy atom. The molecule has 0 radical (unpaired) electrons. The van der Waals surface area contributed by atoms with E-state index in [9.17, 15) is 13.2 Å². The molecule has 0 aromatic heterocycles. The van der Waals surface area contributed by atoms with Gasteiger partial charge in [-0.3, -0.25) is 9.10 Å². The molecule has 2 aromatic carbocycles. The van der Waals surface area contributed by atoms with Crippen molar-refractivity contribution in [3.8, 4) is 11.5 Å². The van der Waals surface area contributed by atoms with Crippen molar-refractivity contribution in [1.82, 2.24) is 0 Å². The van der Waals surface area contributed by atoms with E-state index >= 15 is 0 Å². The predicted octanol–water partition coefficient (Wildman–Crippen LogP) is 3.42. The minimum absolute atomic E-state index is 0.127. The molecule has 0 bridgehead atoms. The third-order valence-corrected chi connectivity index (χ3v) is 5.17. The third-order valence-electron chi connectivity index (χ3n) is 3.52. The molecule has 0 atom stereocenters. The Hall–Kier alpha value is -2.16. The summed E-state index contributed by atoms with van der Waals surface area (Å²) in [5, 5.41) is 3.29. The number of sulfonamides is 1. The topological polar surface area (TPSA) is 84.9 Å². The zero-order valence-corrected chi connectivity index (χ0v) is 17.2. The first-order valence-electron chi connectivity index (χ1n) is 7.60. The van der Waals surface area contributed by atoms with Crippen LogP contribution >= 0.6 is 23.2 Å². The number of hydrogen-bond acceptors (Lipinski definition) is 5. The minimum Gasteiger partial charge on any atom is -0.495 e. The van der Waals surface area contributed by atoms with Gasteiger partial charge in [0.2, 0.25) is 15.9 Å². The van der Waals surface area contributed by atoms with Crippen LogP contribution in [0.1, 0.15) is 0 Å². The molecule has 2 rings (SSSR count). The number of amides is 1. The van der Waals surface area contributed by atoms with Crippen LogP contribution in [-0.2, 0) is 14.8 Å². The Balaban J connectivity index is 2.38. The van der Waals surface area contributed by atoms with E-state index in [-0.39, 0.29) is 22.2 Å². The number of ether oxygens (including phenoxy) is 2. The molecule has 146 valence electrons. The zero-order valence-electron chi connectivity index (χ0n) is 14.8. The van der Waals surface area contributed by atoms with Gasteiger partial charge in [-0.1, -0.05) is 29.3 Å². The second-order valence-corrected chi connectivity index (χ2v) is 8.24. The number of carbonyl (C=O) groups excluding carboxylic acids is 1. The summed E-state index contributed by atoms with van der Waals surface area (Å²) in [5.74, 6) is -0.128. The Bertz CT molecular complexity index is 950. The maximum Gasteiger partial charge on any atom is 0.245 e. The van der Waals surface area contributed by atoms with E-state index in [0.717, 1.165) is 10.6 Å². The van der Waals surface area contributed by atoms with Gasteiger partial charge in [0.1, 0.15) is 18.0 Å². The van der Waals surface area contributed by atoms with E-state index in [1.807, 2.05) is 0 Å². The van der Waals surface area contributed by atoms with Crippen molar-refractivity contribution in [3.05, 3.63) is 46.4 Å². The number of nitrogens with zero attached hydrogens (tertiary/aromatic N) is 1. The summed E-state index contributed by atoms with van der Waals surface area (Å²) in [4.78, 5) is 12.4. The summed E-state index contributed by atoms with van der Waals surface area (Å²) in [7, 11) is -1.05. The summed E-state index contributed by atoms with van der Waals surface area (Å²) in [6, 6.07) is 9.33. The summed E-state index contributed by atoms with van der Waals surface area (Å²) in [5.41, 5.74) is 0.573. The molecule has 0 aliphatic heterocycles. The molecule has 1 amide bonds. The van der Waals surface area contributed by atoms with Crippen LogP contribution in [0, 0.1) is 0 Å². The van der Waals surface area contributed by atoms with Crippen LogP contribution in [0.4, 0.5) is 11.4 Å². The van der Waals surface area contributed by atoms with Crippen molar-refractivity contribution < 1.29 is 22.7 Å². The molecule has 0 heterocycles. The van der Waals surface area contributed by atoms with Crippen LogP contribution in [-0.4, -0.2) is 41.3 Å². The van der Waals surface area contributed by atoms with Crippen molar-refractivity contribution in [2.75, 3.05) is 36.6 Å². The first kappa shape index (κ1) is 21.1. The number of methoxy groups -OCH3 is 2. The molecule has 7 nitrogen and oxygen atoms in total. The minimum atomic E-state index is -3.82. The lowest BCUT2D eigenvalue weighted by atomic mass is 10.2. The van der Waals surface area contributed by atoms with Crippen LogP contribution in [0.5, 0.6) is 11.5 Å². The fourth-order valence-corrected chi connectivity index (χ4v) is 3.59. The number of halogens is 2. The number of anilines is 2. The van der Waals surface area contributed by atoms with Gasteiger partial charge >= 0.3 is 0 Å². The molecule has 0 saturated heterocycles. The van der Waals surface area contributed by atoms with Crippen LogP contribution in [0.25, 0.3) is 0 Å². The molecule has 0 aliphatic rings. The molecular formula is C17H18Cl2N2O5S. The molecule has 10 heteroatoms. The smallest absolute Gasteiger partial charge is 0.245 e. The highest BCUT2D eigenvalue weighted by atomic mass is 35.5. The van der Waals surface area contributed by atoms with Gasteiger partial charge in [0, 0.05) is 22.8 Å². The van der Waals surface area contributed by atoms with Crippen LogP contribution in [0.15, 0.2) is 36.4 Å². The second-order valence-electron chi connectivity index (χ2n) is 5.49. The fraction of sp³-hybridized carbons (Fsp3) is 0.235. The van der Waals surface area contributed by atoms with E-state index in [0.29, 0.717) is 10.7 Å². The number of hydrogen-bond donors (Lipinski definition) is 1. The zero-order chi connectivity index (χ0) is 20.2. The number of rotatable bonds is 7. The SMILES string of the molecule is COc1cc(N(CC(=O)Nc2cccc(Cl)c2)S(C)(=O)=O)c(OC)cc1Cl. The monoisotopic (exact) mass is 432 g/mol. The summed E-state index contributed by atoms with van der Waals surface area (Å²) in [6.45, 7) is -0.480. The summed E-state index contributed by atoms with van der Waals surface area (Å²) < 4.78 is 35.9. The van der Waals surface area contributed by atoms with Gasteiger partial charge in [-0.15, -0.1) is 0 Å². The lowest BCUT2D eigenvalue weighted by Crippen LogP contribution is -2.37. The van der Waals surface area contributed by atoms with E-state index in [1.54, 1.807) is 24.3 Å². The van der Waals surface area contributed by atoms with Crippen molar-refractivity contribution in [2.45, 2.75) is 0 Å². The largest absolute Gasteiger partial charge is 0.495 e. The van der Waals surface area contributed by atoms with Gasteiger partial charge in [-0.05, 0) is 18.2 Å². The van der Waals surface area contributed by atoms with Crippen LogP contribution < -0.4 is 19.1 Å². The predicted molar refractivity (Wildman–Crippen MR) is 107 cm³/mol. The molecule has 0 fully saturated rings. The number of carbonyl (C=O) groups is 1. The normalized spacial score (nSPS) is 11.0. The Labute approximate surface area is 167 Å². The van der Waals surface area contributed by atoms with Crippen molar-refractivity contribution in [2.24, 2.45) is 0 Å². The van der Waals surface area contributed by atoms with Crippen molar-refractivity contribution >= 4 is 50.5 Å². The van der Waals surface area contributed by atoms with E-state index in [4.69, 9.17) is 32.7 Å². The maximum atomic E-state index is 12.4. The molecule has 0 aliphatic carbocycles. The average molecular weight is 433 g/mol. The van der Waals surface area contributed by atoms with Gasteiger partial charge in [0.05, 0.1) is 31.2 Å². The quantitative estimate of drug-likeness (QED) is 0.724. The second kappa shape index (κ2) is 8.69. The molecule has 2 aromatic rings. The van der Waals surface area contributed by atoms with Gasteiger partial charge in [-0.25, -0.2) is 8.42 Å². The van der Waals surface area contributed by atoms with E-state index < -0.39 is 22.5 Å². The lowest BCUT2D eigenvalue weighted by Gasteiger charge is -2.24. The Morgan fingerprint density at radius 3 is 2.33 bits per heavy atom. The van der Waals surface area contributed by atoms with Gasteiger partial charge < -0.3 is 14.8 Å². The van der Waals surface area contributed by atoms with Crippen LogP contribution in [0.3, 0.4) is 0 Å². The highest BCUT2D eigenvalue weighted by molar-refractivity contribution is 7.92. The van der Waals surface area contributed by atoms with Crippen LogP contribution in [0.2, 0.25) is 10.0 Å². The average Bonchev–Trinajstić information content (AvgIpc) is 2.58.